The molecule has 0 atom stereocenters. The fraction of sp³-hybridized carbons (Fsp3) is 0.0833. The first-order valence-electron chi connectivity index (χ1n) is 5.09. The molecule has 0 bridgehead atoms. The second-order valence-electron chi connectivity index (χ2n) is 3.59. The Balaban J connectivity index is 2.41. The van der Waals surface area contributed by atoms with Gasteiger partial charge in [0.2, 0.25) is 0 Å². The summed E-state index contributed by atoms with van der Waals surface area (Å²) in [5.74, 6) is 0. The largest absolute Gasteiger partial charge is 0.301 e. The van der Waals surface area contributed by atoms with Crippen LogP contribution in [-0.2, 0) is 0 Å². The third kappa shape index (κ3) is 3.00. The van der Waals surface area contributed by atoms with Crippen molar-refractivity contribution in [1.82, 2.24) is 9.97 Å². The zero-order valence-corrected chi connectivity index (χ0v) is 11.0. The lowest BCUT2D eigenvalue weighted by Crippen LogP contribution is -2.08. The van der Waals surface area contributed by atoms with Crippen molar-refractivity contribution in [2.24, 2.45) is 0 Å². The Bertz CT molecular complexity index is 655. The zero-order chi connectivity index (χ0) is 13.1. The zero-order valence-electron chi connectivity index (χ0n) is 9.44. The Morgan fingerprint density at radius 1 is 1.39 bits per heavy atom. The molecule has 1 heterocycles. The number of carbonyl (C=O) groups excluding carboxylic acids is 1. The van der Waals surface area contributed by atoms with Crippen LogP contribution in [0.3, 0.4) is 0 Å². The molecule has 92 valence electrons. The van der Waals surface area contributed by atoms with E-state index in [-0.39, 0.29) is 5.56 Å². The molecule has 2 aromatic rings. The summed E-state index contributed by atoms with van der Waals surface area (Å²) >= 11 is 7.08. The van der Waals surface area contributed by atoms with Crippen molar-refractivity contribution in [2.75, 3.05) is 0 Å². The smallest absolute Gasteiger partial charge is 0.251 e. The van der Waals surface area contributed by atoms with E-state index in [0.29, 0.717) is 26.3 Å². The highest BCUT2D eigenvalue weighted by Crippen LogP contribution is 2.29. The molecule has 0 saturated carbocycles. The van der Waals surface area contributed by atoms with Gasteiger partial charge in [-0.25, -0.2) is 4.98 Å². The summed E-state index contributed by atoms with van der Waals surface area (Å²) in [6.45, 7) is 1.73. The van der Waals surface area contributed by atoms with Crippen molar-refractivity contribution in [1.29, 1.82) is 0 Å². The maximum atomic E-state index is 11.3. The molecule has 0 unspecified atom stereocenters. The first kappa shape index (κ1) is 12.9. The van der Waals surface area contributed by atoms with Gasteiger partial charge in [-0.3, -0.25) is 9.59 Å². The van der Waals surface area contributed by atoms with Crippen LogP contribution in [0.4, 0.5) is 0 Å². The number of nitrogens with zero attached hydrogens (tertiary/aromatic N) is 1. The monoisotopic (exact) mass is 280 g/mol. The second kappa shape index (κ2) is 5.37. The van der Waals surface area contributed by atoms with Crippen molar-refractivity contribution in [3.8, 4) is 0 Å². The first-order chi connectivity index (χ1) is 8.58. The molecule has 0 aliphatic carbocycles. The van der Waals surface area contributed by atoms with Gasteiger partial charge in [0.15, 0.2) is 11.4 Å². The molecule has 0 aliphatic heterocycles. The van der Waals surface area contributed by atoms with Crippen LogP contribution in [0, 0.1) is 6.92 Å². The number of aldehydes is 1. The molecule has 1 N–H and O–H groups in total. The summed E-state index contributed by atoms with van der Waals surface area (Å²) in [6, 6.07) is 6.34. The minimum atomic E-state index is -0.223. The second-order valence-corrected chi connectivity index (χ2v) is 5.06. The number of H-pyrrole nitrogens is 1. The van der Waals surface area contributed by atoms with Crippen molar-refractivity contribution in [2.45, 2.75) is 17.0 Å². The number of rotatable bonds is 3. The van der Waals surface area contributed by atoms with Gasteiger partial charge < -0.3 is 4.98 Å². The third-order valence-electron chi connectivity index (χ3n) is 2.16. The third-order valence-corrected chi connectivity index (χ3v) is 3.35. The summed E-state index contributed by atoms with van der Waals surface area (Å²) in [6.07, 6.45) is 0.743. The molecule has 0 fully saturated rings. The van der Waals surface area contributed by atoms with Gasteiger partial charge in [0.1, 0.15) is 0 Å². The standard InChI is InChI=1S/C12H9ClN2O2S/c1-7-4-11(17)15-12(14-7)18-10-5-9(13)3-2-8(10)6-16/h2-6H,1H3,(H,14,15,17). The van der Waals surface area contributed by atoms with E-state index in [1.54, 1.807) is 25.1 Å². The maximum absolute atomic E-state index is 11.3. The summed E-state index contributed by atoms with van der Waals surface area (Å²) < 4.78 is 0. The van der Waals surface area contributed by atoms with E-state index < -0.39 is 0 Å². The molecule has 0 amide bonds. The number of hydrogen-bond acceptors (Lipinski definition) is 4. The van der Waals surface area contributed by atoms with Gasteiger partial charge in [-0.2, -0.15) is 0 Å². The minimum absolute atomic E-state index is 0.223. The van der Waals surface area contributed by atoms with Gasteiger partial charge in [0, 0.05) is 27.2 Å². The number of hydrogen-bond donors (Lipinski definition) is 1. The van der Waals surface area contributed by atoms with E-state index in [4.69, 9.17) is 11.6 Å². The van der Waals surface area contributed by atoms with E-state index in [2.05, 4.69) is 9.97 Å². The summed E-state index contributed by atoms with van der Waals surface area (Å²) in [7, 11) is 0. The molecule has 4 nitrogen and oxygen atoms in total. The molecule has 0 spiro atoms. The van der Waals surface area contributed by atoms with Gasteiger partial charge >= 0.3 is 0 Å². The Morgan fingerprint density at radius 2 is 2.17 bits per heavy atom. The van der Waals surface area contributed by atoms with E-state index in [9.17, 15) is 9.59 Å². The quantitative estimate of drug-likeness (QED) is 0.693. The molecular weight excluding hydrogens is 272 g/mol. The van der Waals surface area contributed by atoms with Crippen LogP contribution in [0.2, 0.25) is 5.02 Å². The van der Waals surface area contributed by atoms with Crippen molar-refractivity contribution < 1.29 is 4.79 Å². The van der Waals surface area contributed by atoms with Crippen LogP contribution in [0.25, 0.3) is 0 Å². The maximum Gasteiger partial charge on any atom is 0.251 e. The minimum Gasteiger partial charge on any atom is -0.301 e. The number of aromatic nitrogens is 2. The van der Waals surface area contributed by atoms with Crippen LogP contribution in [0.15, 0.2) is 39.1 Å². The van der Waals surface area contributed by atoms with E-state index in [1.807, 2.05) is 0 Å². The summed E-state index contributed by atoms with van der Waals surface area (Å²) in [5.41, 5.74) is 0.907. The van der Waals surface area contributed by atoms with Crippen molar-refractivity contribution in [3.05, 3.63) is 50.9 Å². The number of aryl methyl sites for hydroxylation is 1. The van der Waals surface area contributed by atoms with Crippen LogP contribution in [-0.4, -0.2) is 16.3 Å². The van der Waals surface area contributed by atoms with Gasteiger partial charge in [-0.1, -0.05) is 23.4 Å². The van der Waals surface area contributed by atoms with Crippen LogP contribution in [0.5, 0.6) is 0 Å². The number of aromatic amines is 1. The van der Waals surface area contributed by atoms with Crippen molar-refractivity contribution >= 4 is 29.6 Å². The molecule has 0 radical (unpaired) electrons. The molecule has 6 heteroatoms. The Hall–Kier alpha value is -1.59. The Morgan fingerprint density at radius 3 is 2.83 bits per heavy atom. The van der Waals surface area contributed by atoms with Crippen LogP contribution in [0.1, 0.15) is 16.1 Å². The number of benzene rings is 1. The first-order valence-corrected chi connectivity index (χ1v) is 6.28. The number of carbonyl (C=O) groups is 1. The number of nitrogens with one attached hydrogen (secondary N) is 1. The molecule has 18 heavy (non-hydrogen) atoms. The predicted octanol–water partition coefficient (Wildman–Crippen LogP) is 2.70. The molecule has 0 saturated heterocycles. The van der Waals surface area contributed by atoms with Gasteiger partial charge in [-0.05, 0) is 25.1 Å². The molecule has 1 aromatic heterocycles. The highest BCUT2D eigenvalue weighted by atomic mass is 35.5. The van der Waals surface area contributed by atoms with Gasteiger partial charge in [-0.15, -0.1) is 0 Å². The van der Waals surface area contributed by atoms with E-state index in [1.165, 1.54) is 17.8 Å². The lowest BCUT2D eigenvalue weighted by Gasteiger charge is -2.04. The van der Waals surface area contributed by atoms with Gasteiger partial charge in [0.05, 0.1) is 0 Å². The van der Waals surface area contributed by atoms with Crippen LogP contribution >= 0.6 is 23.4 Å². The normalized spacial score (nSPS) is 10.3. The Labute approximate surface area is 112 Å². The van der Waals surface area contributed by atoms with Crippen molar-refractivity contribution in [3.63, 3.8) is 0 Å². The Kier molecular flexibility index (Phi) is 3.84. The fourth-order valence-corrected chi connectivity index (χ4v) is 2.60. The summed E-state index contributed by atoms with van der Waals surface area (Å²) in [4.78, 5) is 29.7. The fourth-order valence-electron chi connectivity index (χ4n) is 1.40. The highest BCUT2D eigenvalue weighted by molar-refractivity contribution is 7.99. The van der Waals surface area contributed by atoms with E-state index >= 15 is 0 Å². The molecule has 0 aliphatic rings. The SMILES string of the molecule is Cc1cc(=O)[nH]c(Sc2cc(Cl)ccc2C=O)n1. The van der Waals surface area contributed by atoms with Crippen LogP contribution < -0.4 is 5.56 Å². The van der Waals surface area contributed by atoms with Gasteiger partial charge in [0.25, 0.3) is 5.56 Å². The lowest BCUT2D eigenvalue weighted by atomic mass is 10.2. The topological polar surface area (TPSA) is 62.8 Å². The highest BCUT2D eigenvalue weighted by Gasteiger charge is 2.07. The summed E-state index contributed by atoms with van der Waals surface area (Å²) in [5, 5.41) is 0.962. The average molecular weight is 281 g/mol. The lowest BCUT2D eigenvalue weighted by molar-refractivity contribution is 0.112. The van der Waals surface area contributed by atoms with E-state index in [0.717, 1.165) is 6.29 Å². The predicted molar refractivity (Wildman–Crippen MR) is 70.6 cm³/mol. The molecule has 1 aromatic carbocycles. The number of halogens is 1. The molecule has 2 rings (SSSR count). The molecular formula is C12H9ClN2O2S. The average Bonchev–Trinajstić information content (AvgIpc) is 2.27.